The highest BCUT2D eigenvalue weighted by atomic mass is 35.5. The monoisotopic (exact) mass is 594 g/mol. The van der Waals surface area contributed by atoms with Gasteiger partial charge in [0.25, 0.3) is 0 Å². The molecule has 0 atom stereocenters. The third-order valence-electron chi connectivity index (χ3n) is 7.72. The zero-order valence-corrected chi connectivity index (χ0v) is 26.4. The molecule has 0 amide bonds. The van der Waals surface area contributed by atoms with Crippen LogP contribution in [0, 0.1) is 13.8 Å². The molecule has 0 saturated heterocycles. The van der Waals surface area contributed by atoms with Crippen LogP contribution < -0.4 is 0 Å². The van der Waals surface area contributed by atoms with Gasteiger partial charge in [0, 0.05) is 33.4 Å². The molecule has 0 aliphatic carbocycles. The Labute approximate surface area is 255 Å². The third kappa shape index (κ3) is 4.89. The Balaban J connectivity index is 1.71. The minimum absolute atomic E-state index is 0.125. The van der Waals surface area contributed by atoms with Crippen LogP contribution in [-0.4, -0.2) is 40.4 Å². The van der Waals surface area contributed by atoms with Gasteiger partial charge in [-0.15, -0.1) is 20.4 Å². The molecule has 43 heavy (non-hydrogen) atoms. The maximum atomic E-state index is 11.7. The lowest BCUT2D eigenvalue weighted by atomic mass is 9.82. The number of aromatic hydroxyl groups is 2. The van der Waals surface area contributed by atoms with E-state index in [-0.39, 0.29) is 22.3 Å². The molecule has 220 valence electrons. The molecule has 2 aromatic heterocycles. The highest BCUT2D eigenvalue weighted by molar-refractivity contribution is 6.38. The van der Waals surface area contributed by atoms with Gasteiger partial charge < -0.3 is 10.2 Å². The topological polar surface area (TPSA) is 102 Å². The molecule has 2 heterocycles. The number of hydrogen-bond acceptors (Lipinski definition) is 6. The average molecular weight is 595 g/mol. The summed E-state index contributed by atoms with van der Waals surface area (Å²) in [5, 5.41) is 42.3. The summed E-state index contributed by atoms with van der Waals surface area (Å²) in [6.45, 7) is 16.3. The Morgan fingerprint density at radius 3 is 1.60 bits per heavy atom. The van der Waals surface area contributed by atoms with Crippen LogP contribution in [0.1, 0.15) is 63.8 Å². The molecular formula is C34H35ClN6O2. The second-order valence-electron chi connectivity index (χ2n) is 13.3. The minimum atomic E-state index is -0.332. The van der Waals surface area contributed by atoms with E-state index in [9.17, 15) is 10.2 Å². The standard InChI is InChI=1S/C34H35ClN6O2/c1-18-13-21(31(42)23(15-18)33(3,4)5)20-17-27-30(39-41(38-27)40-36-25-11-9-10-12-26(25)37-40)28(29(20)35)22-14-19(2)16-24(32(22)43)34(6,7)8/h9-17,42-43H,1-8H3. The van der Waals surface area contributed by atoms with Crippen LogP contribution in [0.5, 0.6) is 11.5 Å². The van der Waals surface area contributed by atoms with E-state index >= 15 is 0 Å². The second kappa shape index (κ2) is 9.81. The number of aryl methyl sites for hydroxylation is 2. The number of benzene rings is 4. The molecule has 0 spiro atoms. The largest absolute Gasteiger partial charge is 0.507 e. The molecule has 0 aliphatic heterocycles. The first-order valence-electron chi connectivity index (χ1n) is 14.2. The lowest BCUT2D eigenvalue weighted by Crippen LogP contribution is -2.15. The lowest BCUT2D eigenvalue weighted by Gasteiger charge is -2.24. The highest BCUT2D eigenvalue weighted by Gasteiger charge is 2.28. The van der Waals surface area contributed by atoms with Crippen LogP contribution in [0.2, 0.25) is 5.02 Å². The lowest BCUT2D eigenvalue weighted by molar-refractivity contribution is 0.399. The SMILES string of the molecule is Cc1cc(-c2cc3nn(-n4nc5ccccc5n4)nc3c(-c3cc(C)cc(C(C)(C)C)c3O)c2Cl)c(O)c(C(C)(C)C)c1. The van der Waals surface area contributed by atoms with Crippen LogP contribution in [-0.2, 0) is 10.8 Å². The number of phenolic OH excluding ortho intramolecular Hbond substituents is 2. The number of nitrogens with zero attached hydrogens (tertiary/aromatic N) is 6. The molecule has 9 heteroatoms. The van der Waals surface area contributed by atoms with Crippen molar-refractivity contribution < 1.29 is 10.2 Å². The first-order valence-corrected chi connectivity index (χ1v) is 14.6. The minimum Gasteiger partial charge on any atom is -0.507 e. The van der Waals surface area contributed by atoms with Gasteiger partial charge in [-0.1, -0.05) is 77.4 Å². The normalized spacial score (nSPS) is 12.5. The smallest absolute Gasteiger partial charge is 0.127 e. The Bertz CT molecular complexity index is 2030. The Morgan fingerprint density at radius 1 is 0.605 bits per heavy atom. The molecule has 0 saturated carbocycles. The van der Waals surface area contributed by atoms with E-state index in [1.807, 2.05) is 68.4 Å². The Hall–Kier alpha value is -4.43. The van der Waals surface area contributed by atoms with Crippen LogP contribution in [0.3, 0.4) is 0 Å². The summed E-state index contributed by atoms with van der Waals surface area (Å²) in [6, 6.07) is 17.2. The van der Waals surface area contributed by atoms with E-state index in [0.717, 1.165) is 22.3 Å². The number of fused-ring (bicyclic) bond motifs is 2. The molecular weight excluding hydrogens is 560 g/mol. The van der Waals surface area contributed by atoms with Crippen molar-refractivity contribution in [2.24, 2.45) is 0 Å². The molecule has 6 aromatic rings. The van der Waals surface area contributed by atoms with Crippen molar-refractivity contribution in [3.05, 3.63) is 81.9 Å². The third-order valence-corrected chi connectivity index (χ3v) is 8.12. The van der Waals surface area contributed by atoms with Gasteiger partial charge in [-0.2, -0.15) is 0 Å². The van der Waals surface area contributed by atoms with E-state index in [1.165, 1.54) is 9.81 Å². The fourth-order valence-electron chi connectivity index (χ4n) is 5.57. The summed E-state index contributed by atoms with van der Waals surface area (Å²) in [5.74, 6) is 0.279. The van der Waals surface area contributed by atoms with Gasteiger partial charge in [0.15, 0.2) is 0 Å². The van der Waals surface area contributed by atoms with Crippen molar-refractivity contribution in [2.45, 2.75) is 66.2 Å². The van der Waals surface area contributed by atoms with Crippen molar-refractivity contribution in [1.29, 1.82) is 0 Å². The van der Waals surface area contributed by atoms with E-state index in [4.69, 9.17) is 21.8 Å². The number of rotatable bonds is 3. The summed E-state index contributed by atoms with van der Waals surface area (Å²) < 4.78 is 0. The zero-order chi connectivity index (χ0) is 31.0. The van der Waals surface area contributed by atoms with Gasteiger partial charge in [-0.25, -0.2) is 0 Å². The fourth-order valence-corrected chi connectivity index (χ4v) is 5.92. The fraction of sp³-hybridized carbons (Fsp3) is 0.294. The van der Waals surface area contributed by atoms with E-state index in [1.54, 1.807) is 0 Å². The van der Waals surface area contributed by atoms with E-state index in [2.05, 4.69) is 51.7 Å². The maximum absolute atomic E-state index is 11.7. The van der Waals surface area contributed by atoms with Gasteiger partial charge in [0.2, 0.25) is 0 Å². The molecule has 8 nitrogen and oxygen atoms in total. The number of phenols is 2. The number of hydrogen-bond donors (Lipinski definition) is 2. The van der Waals surface area contributed by atoms with Crippen molar-refractivity contribution in [3.8, 4) is 33.8 Å². The molecule has 6 rings (SSSR count). The summed E-state index contributed by atoms with van der Waals surface area (Å²) in [7, 11) is 0. The summed E-state index contributed by atoms with van der Waals surface area (Å²) in [5.41, 5.74) is 7.51. The average Bonchev–Trinajstić information content (AvgIpc) is 3.54. The van der Waals surface area contributed by atoms with Crippen molar-refractivity contribution in [1.82, 2.24) is 30.2 Å². The zero-order valence-electron chi connectivity index (χ0n) is 25.7. The van der Waals surface area contributed by atoms with Crippen LogP contribution in [0.25, 0.3) is 44.3 Å². The first kappa shape index (κ1) is 28.7. The Kier molecular flexibility index (Phi) is 6.54. The van der Waals surface area contributed by atoms with Crippen LogP contribution >= 0.6 is 11.6 Å². The molecule has 0 unspecified atom stereocenters. The summed E-state index contributed by atoms with van der Waals surface area (Å²) in [6.07, 6.45) is 0. The predicted octanol–water partition coefficient (Wildman–Crippen LogP) is 8.10. The highest BCUT2D eigenvalue weighted by Crippen LogP contribution is 2.49. The van der Waals surface area contributed by atoms with Gasteiger partial charge in [-0.05, 0) is 75.9 Å². The Morgan fingerprint density at radius 2 is 1.07 bits per heavy atom. The molecule has 2 N–H and O–H groups in total. The van der Waals surface area contributed by atoms with Gasteiger partial charge >= 0.3 is 0 Å². The first-order chi connectivity index (χ1) is 20.1. The molecule has 0 aliphatic rings. The van der Waals surface area contributed by atoms with Crippen LogP contribution in [0.15, 0.2) is 54.6 Å². The molecule has 0 fully saturated rings. The summed E-state index contributed by atoms with van der Waals surface area (Å²) in [4.78, 5) is 2.66. The van der Waals surface area contributed by atoms with Crippen molar-refractivity contribution in [2.75, 3.05) is 0 Å². The van der Waals surface area contributed by atoms with Crippen molar-refractivity contribution in [3.63, 3.8) is 0 Å². The van der Waals surface area contributed by atoms with E-state index in [0.29, 0.717) is 49.3 Å². The number of halogens is 1. The maximum Gasteiger partial charge on any atom is 0.127 e. The van der Waals surface area contributed by atoms with Crippen molar-refractivity contribution >= 4 is 33.7 Å². The second-order valence-corrected chi connectivity index (χ2v) is 13.7. The molecule has 0 bridgehead atoms. The van der Waals surface area contributed by atoms with Gasteiger partial charge in [-0.3, -0.25) is 0 Å². The number of aromatic nitrogens is 6. The molecule has 0 radical (unpaired) electrons. The van der Waals surface area contributed by atoms with Gasteiger partial charge in [0.05, 0.1) is 5.02 Å². The summed E-state index contributed by atoms with van der Waals surface area (Å²) >= 11 is 7.32. The predicted molar refractivity (Wildman–Crippen MR) is 172 cm³/mol. The quantitative estimate of drug-likeness (QED) is 0.215. The molecule has 4 aromatic carbocycles. The van der Waals surface area contributed by atoms with Gasteiger partial charge in [0.1, 0.15) is 33.6 Å². The van der Waals surface area contributed by atoms with E-state index < -0.39 is 0 Å². The van der Waals surface area contributed by atoms with Crippen LogP contribution in [0.4, 0.5) is 0 Å².